The summed E-state index contributed by atoms with van der Waals surface area (Å²) >= 11 is 0. The summed E-state index contributed by atoms with van der Waals surface area (Å²) in [6, 6.07) is 17.9. The summed E-state index contributed by atoms with van der Waals surface area (Å²) < 4.78 is 0. The molecule has 0 spiro atoms. The molecule has 0 aliphatic carbocycles. The Balaban J connectivity index is 2.53. The van der Waals surface area contributed by atoms with E-state index in [9.17, 15) is 5.11 Å². The van der Waals surface area contributed by atoms with Gasteiger partial charge in [-0.05, 0) is 16.7 Å². The van der Waals surface area contributed by atoms with Gasteiger partial charge in [0, 0.05) is 0 Å². The lowest BCUT2D eigenvalue weighted by molar-refractivity contribution is 0.229. The van der Waals surface area contributed by atoms with Gasteiger partial charge in [0.25, 0.3) is 0 Å². The minimum absolute atomic E-state index is 0.614. The van der Waals surface area contributed by atoms with Crippen LogP contribution >= 0.6 is 0 Å². The minimum atomic E-state index is -0.614. The van der Waals surface area contributed by atoms with Crippen LogP contribution in [-0.2, 0) is 0 Å². The summed E-state index contributed by atoms with van der Waals surface area (Å²) in [6.07, 6.45) is 0.929. The Morgan fingerprint density at radius 2 is 1.56 bits per heavy atom. The van der Waals surface area contributed by atoms with Gasteiger partial charge >= 0.3 is 0 Å². The average Bonchev–Trinajstić information content (AvgIpc) is 2.39. The quantitative estimate of drug-likeness (QED) is 0.768. The molecule has 16 heavy (non-hydrogen) atoms. The van der Waals surface area contributed by atoms with Gasteiger partial charge in [0.15, 0.2) is 0 Å². The maximum Gasteiger partial charge on any atom is 0.0975 e. The third kappa shape index (κ3) is 2.05. The van der Waals surface area contributed by atoms with Gasteiger partial charge in [-0.25, -0.2) is 0 Å². The molecule has 1 heteroatoms. The van der Waals surface area contributed by atoms with Crippen molar-refractivity contribution in [3.63, 3.8) is 0 Å². The van der Waals surface area contributed by atoms with Gasteiger partial charge in [-0.2, -0.15) is 0 Å². The Kier molecular flexibility index (Phi) is 3.18. The first kappa shape index (κ1) is 10.7. The van der Waals surface area contributed by atoms with Crippen LogP contribution in [0.15, 0.2) is 67.3 Å². The highest BCUT2D eigenvalue weighted by Gasteiger charge is 2.09. The third-order valence-electron chi connectivity index (χ3n) is 2.59. The lowest BCUT2D eigenvalue weighted by Gasteiger charge is -2.12. The maximum absolute atomic E-state index is 9.85. The van der Waals surface area contributed by atoms with E-state index in [1.54, 1.807) is 6.08 Å². The second-order valence-electron chi connectivity index (χ2n) is 3.63. The van der Waals surface area contributed by atoms with Crippen molar-refractivity contribution in [1.82, 2.24) is 0 Å². The van der Waals surface area contributed by atoms with Crippen LogP contribution in [0.25, 0.3) is 11.1 Å². The number of benzene rings is 2. The first-order valence-corrected chi connectivity index (χ1v) is 5.28. The van der Waals surface area contributed by atoms with Gasteiger partial charge < -0.3 is 5.11 Å². The fraction of sp³-hybridized carbons (Fsp3) is 0.0667. The molecular formula is C15H14O. The van der Waals surface area contributed by atoms with E-state index in [0.717, 1.165) is 16.7 Å². The van der Waals surface area contributed by atoms with E-state index < -0.39 is 6.10 Å². The van der Waals surface area contributed by atoms with Gasteiger partial charge in [-0.15, -0.1) is 6.58 Å². The van der Waals surface area contributed by atoms with Gasteiger partial charge in [0.1, 0.15) is 0 Å². The van der Waals surface area contributed by atoms with E-state index in [-0.39, 0.29) is 0 Å². The van der Waals surface area contributed by atoms with Crippen molar-refractivity contribution >= 4 is 0 Å². The Morgan fingerprint density at radius 3 is 2.25 bits per heavy atom. The van der Waals surface area contributed by atoms with Crippen LogP contribution in [0.2, 0.25) is 0 Å². The summed E-state index contributed by atoms with van der Waals surface area (Å²) in [5, 5.41) is 9.85. The normalized spacial score (nSPS) is 12.1. The standard InChI is InChI=1S/C15H14O/c1-2-15(16)14-11-7-6-10-13(14)12-8-4-3-5-9-12/h2-11,15-16H,1H2. The van der Waals surface area contributed by atoms with Crippen LogP contribution in [-0.4, -0.2) is 5.11 Å². The van der Waals surface area contributed by atoms with E-state index in [0.29, 0.717) is 0 Å². The zero-order chi connectivity index (χ0) is 11.4. The van der Waals surface area contributed by atoms with Crippen molar-refractivity contribution in [2.45, 2.75) is 6.10 Å². The molecule has 0 aliphatic heterocycles. The lowest BCUT2D eigenvalue weighted by Crippen LogP contribution is -1.95. The SMILES string of the molecule is C=CC(O)c1ccccc1-c1ccccc1. The van der Waals surface area contributed by atoms with Gasteiger partial charge in [0.2, 0.25) is 0 Å². The molecule has 80 valence electrons. The Hall–Kier alpha value is -1.86. The van der Waals surface area contributed by atoms with Crippen LogP contribution < -0.4 is 0 Å². The number of rotatable bonds is 3. The van der Waals surface area contributed by atoms with Gasteiger partial charge in [-0.1, -0.05) is 60.7 Å². The molecule has 0 radical (unpaired) electrons. The van der Waals surface area contributed by atoms with E-state index >= 15 is 0 Å². The number of hydrogen-bond donors (Lipinski definition) is 1. The van der Waals surface area contributed by atoms with Crippen molar-refractivity contribution < 1.29 is 5.11 Å². The minimum Gasteiger partial charge on any atom is -0.384 e. The topological polar surface area (TPSA) is 20.2 Å². The van der Waals surface area contributed by atoms with E-state index in [1.807, 2.05) is 54.6 Å². The first-order valence-electron chi connectivity index (χ1n) is 5.28. The molecule has 1 atom stereocenters. The Morgan fingerprint density at radius 1 is 0.938 bits per heavy atom. The molecule has 0 aromatic heterocycles. The molecule has 1 unspecified atom stereocenters. The highest BCUT2D eigenvalue weighted by molar-refractivity contribution is 5.67. The van der Waals surface area contributed by atoms with E-state index in [1.165, 1.54) is 0 Å². The van der Waals surface area contributed by atoms with E-state index in [4.69, 9.17) is 0 Å². The van der Waals surface area contributed by atoms with Crippen molar-refractivity contribution in [2.75, 3.05) is 0 Å². The Bertz CT molecular complexity index is 474. The molecule has 0 aliphatic rings. The number of aliphatic hydroxyl groups is 1. The van der Waals surface area contributed by atoms with Crippen LogP contribution in [0.3, 0.4) is 0 Å². The molecule has 1 nitrogen and oxygen atoms in total. The molecule has 2 aromatic carbocycles. The summed E-state index contributed by atoms with van der Waals surface area (Å²) in [6.45, 7) is 3.62. The molecule has 2 rings (SSSR count). The fourth-order valence-electron chi connectivity index (χ4n) is 1.76. The first-order chi connectivity index (χ1) is 7.83. The van der Waals surface area contributed by atoms with Crippen molar-refractivity contribution in [1.29, 1.82) is 0 Å². The van der Waals surface area contributed by atoms with Crippen molar-refractivity contribution in [2.24, 2.45) is 0 Å². The zero-order valence-electron chi connectivity index (χ0n) is 9.01. The van der Waals surface area contributed by atoms with Crippen molar-refractivity contribution in [3.05, 3.63) is 72.8 Å². The molecule has 0 bridgehead atoms. The second kappa shape index (κ2) is 4.77. The number of hydrogen-bond acceptors (Lipinski definition) is 1. The summed E-state index contributed by atoms with van der Waals surface area (Å²) in [5.74, 6) is 0. The zero-order valence-corrected chi connectivity index (χ0v) is 9.01. The largest absolute Gasteiger partial charge is 0.384 e. The lowest BCUT2D eigenvalue weighted by atomic mass is 9.96. The summed E-state index contributed by atoms with van der Waals surface area (Å²) in [7, 11) is 0. The van der Waals surface area contributed by atoms with E-state index in [2.05, 4.69) is 6.58 Å². The maximum atomic E-state index is 9.85. The van der Waals surface area contributed by atoms with Crippen LogP contribution in [0.4, 0.5) is 0 Å². The fourth-order valence-corrected chi connectivity index (χ4v) is 1.76. The summed E-state index contributed by atoms with van der Waals surface area (Å²) in [5.41, 5.74) is 3.05. The second-order valence-corrected chi connectivity index (χ2v) is 3.63. The van der Waals surface area contributed by atoms with Crippen LogP contribution in [0, 0.1) is 0 Å². The smallest absolute Gasteiger partial charge is 0.0975 e. The molecule has 0 amide bonds. The highest BCUT2D eigenvalue weighted by Crippen LogP contribution is 2.28. The summed E-state index contributed by atoms with van der Waals surface area (Å²) in [4.78, 5) is 0. The molecule has 0 saturated heterocycles. The third-order valence-corrected chi connectivity index (χ3v) is 2.59. The highest BCUT2D eigenvalue weighted by atomic mass is 16.3. The number of aliphatic hydroxyl groups excluding tert-OH is 1. The molecule has 0 heterocycles. The predicted octanol–water partition coefficient (Wildman–Crippen LogP) is 3.57. The van der Waals surface area contributed by atoms with Gasteiger partial charge in [0.05, 0.1) is 6.10 Å². The van der Waals surface area contributed by atoms with Gasteiger partial charge in [-0.3, -0.25) is 0 Å². The predicted molar refractivity (Wildman–Crippen MR) is 67.0 cm³/mol. The molecule has 0 saturated carbocycles. The van der Waals surface area contributed by atoms with Crippen molar-refractivity contribution in [3.8, 4) is 11.1 Å². The molecule has 1 N–H and O–H groups in total. The molecule has 2 aromatic rings. The Labute approximate surface area is 95.7 Å². The monoisotopic (exact) mass is 210 g/mol. The molecular weight excluding hydrogens is 196 g/mol. The average molecular weight is 210 g/mol. The molecule has 0 fully saturated rings. The van der Waals surface area contributed by atoms with Crippen LogP contribution in [0.5, 0.6) is 0 Å². The van der Waals surface area contributed by atoms with Crippen LogP contribution in [0.1, 0.15) is 11.7 Å².